The highest BCUT2D eigenvalue weighted by molar-refractivity contribution is 14.0. The number of ether oxygens (including phenoxy) is 1. The summed E-state index contributed by atoms with van der Waals surface area (Å²) in [7, 11) is 1.75. The van der Waals surface area contributed by atoms with Gasteiger partial charge in [0.05, 0.1) is 19.7 Å². The Kier molecular flexibility index (Phi) is 13.8. The average Bonchev–Trinajstić information content (AvgIpc) is 3.22. The zero-order valence-electron chi connectivity index (χ0n) is 17.6. The van der Waals surface area contributed by atoms with Crippen molar-refractivity contribution < 1.29 is 4.74 Å². The van der Waals surface area contributed by atoms with Gasteiger partial charge in [-0.05, 0) is 63.8 Å². The summed E-state index contributed by atoms with van der Waals surface area (Å²) in [6, 6.07) is 8.63. The highest BCUT2D eigenvalue weighted by Gasteiger charge is 2.25. The Labute approximate surface area is 192 Å². The van der Waals surface area contributed by atoms with Gasteiger partial charge >= 0.3 is 0 Å². The van der Waals surface area contributed by atoms with Crippen LogP contribution in [0.5, 0.6) is 5.75 Å². The molecule has 0 saturated carbocycles. The third-order valence-electron chi connectivity index (χ3n) is 4.91. The molecule has 0 aliphatic carbocycles. The fraction of sp³-hybridized carbons (Fsp3) is 0.667. The maximum Gasteiger partial charge on any atom is 0.191 e. The molecule has 28 heavy (non-hydrogen) atoms. The lowest BCUT2D eigenvalue weighted by Gasteiger charge is -2.28. The lowest BCUT2D eigenvalue weighted by atomic mass is 10.0. The predicted molar refractivity (Wildman–Crippen MR) is 134 cm³/mol. The van der Waals surface area contributed by atoms with Gasteiger partial charge in [0.1, 0.15) is 5.75 Å². The zero-order valence-corrected chi connectivity index (χ0v) is 20.7. The molecule has 0 radical (unpaired) electrons. The molecule has 160 valence electrons. The Bertz CT molecular complexity index is 567. The van der Waals surface area contributed by atoms with Gasteiger partial charge in [0.15, 0.2) is 5.96 Å². The van der Waals surface area contributed by atoms with Gasteiger partial charge in [-0.25, -0.2) is 0 Å². The quantitative estimate of drug-likeness (QED) is 0.199. The molecule has 1 aliphatic heterocycles. The van der Waals surface area contributed by atoms with Crippen molar-refractivity contribution in [2.24, 2.45) is 4.99 Å². The van der Waals surface area contributed by atoms with Gasteiger partial charge in [-0.2, -0.15) is 11.8 Å². The van der Waals surface area contributed by atoms with Crippen molar-refractivity contribution in [2.75, 3.05) is 51.8 Å². The minimum Gasteiger partial charge on any atom is -0.496 e. The summed E-state index contributed by atoms with van der Waals surface area (Å²) >= 11 is 1.91. The molecule has 0 aromatic heterocycles. The molecule has 1 aromatic carbocycles. The number of rotatable bonds is 11. The van der Waals surface area contributed by atoms with Crippen LogP contribution in [-0.2, 0) is 0 Å². The Morgan fingerprint density at radius 2 is 1.96 bits per heavy atom. The number of aliphatic imine (C=N–C) groups is 1. The molecule has 0 amide bonds. The number of likely N-dealkylation sites (tertiary alicyclic amines) is 1. The van der Waals surface area contributed by atoms with E-state index in [0.29, 0.717) is 0 Å². The summed E-state index contributed by atoms with van der Waals surface area (Å²) in [5.74, 6) is 3.10. The number of unbranched alkanes of at least 4 members (excludes halogenated alkanes) is 1. The molecule has 1 fully saturated rings. The normalized spacial score (nSPS) is 15.8. The number of guanidine groups is 1. The number of methoxy groups -OCH3 is 1. The summed E-state index contributed by atoms with van der Waals surface area (Å²) in [5, 5.41) is 6.87. The molecular formula is C21H37IN4OS. The highest BCUT2D eigenvalue weighted by atomic mass is 127. The highest BCUT2D eigenvalue weighted by Crippen LogP contribution is 2.31. The van der Waals surface area contributed by atoms with Gasteiger partial charge in [0, 0.05) is 18.7 Å². The fourth-order valence-electron chi connectivity index (χ4n) is 3.50. The minimum atomic E-state index is 0. The Morgan fingerprint density at radius 1 is 1.21 bits per heavy atom. The van der Waals surface area contributed by atoms with Gasteiger partial charge in [0.2, 0.25) is 0 Å². The van der Waals surface area contributed by atoms with Gasteiger partial charge < -0.3 is 15.4 Å². The third-order valence-corrected chi connectivity index (χ3v) is 5.61. The van der Waals surface area contributed by atoms with Crippen LogP contribution < -0.4 is 15.4 Å². The van der Waals surface area contributed by atoms with Gasteiger partial charge in [-0.3, -0.25) is 9.89 Å². The number of para-hydroxylation sites is 1. The Morgan fingerprint density at radius 3 is 2.64 bits per heavy atom. The number of nitrogens with one attached hydrogen (secondary N) is 2. The van der Waals surface area contributed by atoms with Crippen molar-refractivity contribution in [3.8, 4) is 5.75 Å². The van der Waals surface area contributed by atoms with Crippen LogP contribution in [0.25, 0.3) is 0 Å². The Hall–Kier alpha value is -0.670. The molecular weight excluding hydrogens is 483 g/mol. The minimum absolute atomic E-state index is 0. The number of nitrogens with zero attached hydrogens (tertiary/aromatic N) is 2. The summed E-state index contributed by atoms with van der Waals surface area (Å²) < 4.78 is 5.63. The van der Waals surface area contributed by atoms with Crippen molar-refractivity contribution >= 4 is 41.7 Å². The Balaban J connectivity index is 0.00000392. The number of thioether (sulfide) groups is 1. The average molecular weight is 521 g/mol. The van der Waals surface area contributed by atoms with E-state index in [1.54, 1.807) is 7.11 Å². The lowest BCUT2D eigenvalue weighted by molar-refractivity contribution is 0.245. The first-order valence-corrected chi connectivity index (χ1v) is 11.6. The summed E-state index contributed by atoms with van der Waals surface area (Å²) in [4.78, 5) is 7.46. The van der Waals surface area contributed by atoms with Crippen molar-refractivity contribution in [3.63, 3.8) is 0 Å². The topological polar surface area (TPSA) is 48.9 Å². The first-order valence-electron chi connectivity index (χ1n) is 10.2. The SMILES string of the molecule is CCNC(=NCC(c1ccccc1OC)N1CCCC1)NCCCCSC.I. The summed E-state index contributed by atoms with van der Waals surface area (Å²) in [5.41, 5.74) is 1.24. The van der Waals surface area contributed by atoms with Crippen LogP contribution in [0.2, 0.25) is 0 Å². The van der Waals surface area contributed by atoms with Crippen molar-refractivity contribution in [2.45, 2.75) is 38.6 Å². The number of hydrogen-bond acceptors (Lipinski definition) is 4. The first kappa shape index (κ1) is 25.4. The van der Waals surface area contributed by atoms with Crippen LogP contribution in [0.4, 0.5) is 0 Å². The second kappa shape index (κ2) is 15.2. The first-order chi connectivity index (χ1) is 13.3. The van der Waals surface area contributed by atoms with Crippen molar-refractivity contribution in [1.29, 1.82) is 0 Å². The largest absolute Gasteiger partial charge is 0.496 e. The van der Waals surface area contributed by atoms with Gasteiger partial charge in [-0.15, -0.1) is 24.0 Å². The summed E-state index contributed by atoms with van der Waals surface area (Å²) in [6.07, 6.45) is 7.11. The molecule has 1 atom stereocenters. The molecule has 5 nitrogen and oxygen atoms in total. The molecule has 1 heterocycles. The van der Waals surface area contributed by atoms with E-state index in [9.17, 15) is 0 Å². The van der Waals surface area contributed by atoms with Gasteiger partial charge in [0.25, 0.3) is 0 Å². The van der Waals surface area contributed by atoms with Gasteiger partial charge in [-0.1, -0.05) is 18.2 Å². The van der Waals surface area contributed by atoms with Crippen LogP contribution in [0.3, 0.4) is 0 Å². The number of benzene rings is 1. The van der Waals surface area contributed by atoms with Crippen molar-refractivity contribution in [3.05, 3.63) is 29.8 Å². The van der Waals surface area contributed by atoms with E-state index in [4.69, 9.17) is 9.73 Å². The molecule has 1 unspecified atom stereocenters. The predicted octanol–water partition coefficient (Wildman–Crippen LogP) is 4.15. The zero-order chi connectivity index (χ0) is 19.3. The molecule has 2 N–H and O–H groups in total. The molecule has 1 saturated heterocycles. The standard InChI is InChI=1S/C21H36N4OS.HI/c1-4-22-21(23-13-7-10-16-27-3)24-17-19(25-14-8-9-15-25)18-11-5-6-12-20(18)26-2;/h5-6,11-12,19H,4,7-10,13-17H2,1-3H3,(H2,22,23,24);1H. The van der Waals surface area contributed by atoms with E-state index >= 15 is 0 Å². The van der Waals surface area contributed by atoms with E-state index in [1.807, 2.05) is 17.8 Å². The maximum atomic E-state index is 5.63. The van der Waals surface area contributed by atoms with E-state index in [2.05, 4.69) is 46.9 Å². The van der Waals surface area contributed by atoms with E-state index < -0.39 is 0 Å². The monoisotopic (exact) mass is 520 g/mol. The summed E-state index contributed by atoms with van der Waals surface area (Å²) in [6.45, 7) is 6.96. The van der Waals surface area contributed by atoms with Crippen LogP contribution in [0.1, 0.15) is 44.2 Å². The molecule has 2 rings (SSSR count). The molecule has 1 aliphatic rings. The van der Waals surface area contributed by atoms with Crippen LogP contribution >= 0.6 is 35.7 Å². The molecule has 7 heteroatoms. The third kappa shape index (κ3) is 8.37. The van der Waals surface area contributed by atoms with Crippen molar-refractivity contribution in [1.82, 2.24) is 15.5 Å². The molecule has 1 aromatic rings. The van der Waals surface area contributed by atoms with E-state index in [1.165, 1.54) is 37.0 Å². The van der Waals surface area contributed by atoms with Crippen LogP contribution in [-0.4, -0.2) is 62.7 Å². The second-order valence-electron chi connectivity index (χ2n) is 6.85. The fourth-order valence-corrected chi connectivity index (χ4v) is 4.00. The number of halogens is 1. The molecule has 0 spiro atoms. The lowest BCUT2D eigenvalue weighted by Crippen LogP contribution is -2.39. The maximum absolute atomic E-state index is 5.63. The van der Waals surface area contributed by atoms with E-state index in [0.717, 1.165) is 44.4 Å². The number of hydrogen-bond donors (Lipinski definition) is 2. The van der Waals surface area contributed by atoms with Crippen LogP contribution in [0.15, 0.2) is 29.3 Å². The van der Waals surface area contributed by atoms with E-state index in [-0.39, 0.29) is 30.0 Å². The molecule has 0 bridgehead atoms. The smallest absolute Gasteiger partial charge is 0.191 e. The van der Waals surface area contributed by atoms with Crippen LogP contribution in [0, 0.1) is 0 Å². The second-order valence-corrected chi connectivity index (χ2v) is 7.83.